The van der Waals surface area contributed by atoms with Gasteiger partial charge in [0.1, 0.15) is 5.58 Å². The van der Waals surface area contributed by atoms with E-state index in [1.807, 2.05) is 24.3 Å². The summed E-state index contributed by atoms with van der Waals surface area (Å²) < 4.78 is 34.1. The van der Waals surface area contributed by atoms with Crippen LogP contribution >= 0.6 is 0 Å². The lowest BCUT2D eigenvalue weighted by Gasteiger charge is -2.20. The monoisotopic (exact) mass is 388 g/mol. The van der Waals surface area contributed by atoms with Crippen molar-refractivity contribution in [2.24, 2.45) is 7.05 Å². The highest BCUT2D eigenvalue weighted by Gasteiger charge is 2.30. The maximum absolute atomic E-state index is 12.8. The zero-order valence-electron chi connectivity index (χ0n) is 14.9. The van der Waals surface area contributed by atoms with Gasteiger partial charge in [0.05, 0.1) is 6.33 Å². The van der Waals surface area contributed by atoms with Gasteiger partial charge in [-0.3, -0.25) is 4.79 Å². The molecule has 8 nitrogen and oxygen atoms in total. The van der Waals surface area contributed by atoms with Gasteiger partial charge >= 0.3 is 0 Å². The molecule has 1 aromatic carbocycles. The lowest BCUT2D eigenvalue weighted by atomic mass is 10.2. The van der Waals surface area contributed by atoms with Crippen molar-refractivity contribution in [1.29, 1.82) is 0 Å². The average molecular weight is 388 g/mol. The number of rotatable bonds is 3. The summed E-state index contributed by atoms with van der Waals surface area (Å²) in [6, 6.07) is 9.17. The standard InChI is InChI=1S/C18H20N4O4S/c1-20-12-17(19-13-20)27(24,25)22-8-4-7-21(9-10-22)18(23)16-11-14-5-2-3-6-15(14)26-16/h2-3,5-6,11-13H,4,7-10H2,1H3. The number of hydrogen-bond donors (Lipinski definition) is 0. The predicted molar refractivity (Wildman–Crippen MR) is 98.7 cm³/mol. The Labute approximate surface area is 157 Å². The minimum atomic E-state index is -3.66. The van der Waals surface area contributed by atoms with E-state index in [1.165, 1.54) is 16.8 Å². The van der Waals surface area contributed by atoms with Crippen LogP contribution in [0.25, 0.3) is 11.0 Å². The second-order valence-corrected chi connectivity index (χ2v) is 8.46. The molecule has 1 saturated heterocycles. The molecule has 27 heavy (non-hydrogen) atoms. The summed E-state index contributed by atoms with van der Waals surface area (Å²) in [6.07, 6.45) is 3.50. The van der Waals surface area contributed by atoms with Crippen molar-refractivity contribution in [1.82, 2.24) is 18.8 Å². The second kappa shape index (κ2) is 6.82. The normalized spacial score (nSPS) is 16.6. The summed E-state index contributed by atoms with van der Waals surface area (Å²) in [5, 5.41) is 0.900. The first-order valence-electron chi connectivity index (χ1n) is 8.71. The number of sulfonamides is 1. The molecule has 1 fully saturated rings. The minimum absolute atomic E-state index is 0.0297. The molecule has 142 valence electrons. The number of amides is 1. The third-order valence-corrected chi connectivity index (χ3v) is 6.45. The van der Waals surface area contributed by atoms with Crippen LogP contribution < -0.4 is 0 Å². The molecule has 1 amide bonds. The summed E-state index contributed by atoms with van der Waals surface area (Å²) >= 11 is 0. The Kier molecular flexibility index (Phi) is 4.48. The average Bonchev–Trinajstić information content (AvgIpc) is 3.20. The van der Waals surface area contributed by atoms with Crippen molar-refractivity contribution in [3.63, 3.8) is 0 Å². The lowest BCUT2D eigenvalue weighted by molar-refractivity contribution is 0.0734. The van der Waals surface area contributed by atoms with Gasteiger partial charge in [-0.2, -0.15) is 4.31 Å². The maximum atomic E-state index is 12.8. The Hall–Kier alpha value is -2.65. The molecule has 0 spiro atoms. The van der Waals surface area contributed by atoms with E-state index in [0.29, 0.717) is 31.6 Å². The molecular formula is C18H20N4O4S. The summed E-state index contributed by atoms with van der Waals surface area (Å²) in [5.41, 5.74) is 0.662. The molecule has 1 aliphatic rings. The Balaban J connectivity index is 1.50. The molecule has 4 rings (SSSR count). The van der Waals surface area contributed by atoms with E-state index < -0.39 is 10.0 Å². The molecule has 2 aromatic heterocycles. The van der Waals surface area contributed by atoms with E-state index in [4.69, 9.17) is 4.42 Å². The number of carbonyl (C=O) groups is 1. The van der Waals surface area contributed by atoms with Crippen LogP contribution in [0.1, 0.15) is 17.0 Å². The van der Waals surface area contributed by atoms with Crippen LogP contribution in [-0.4, -0.2) is 59.3 Å². The number of hydrogen-bond acceptors (Lipinski definition) is 5. The number of aryl methyl sites for hydroxylation is 1. The van der Waals surface area contributed by atoms with Gasteiger partial charge in [-0.15, -0.1) is 0 Å². The van der Waals surface area contributed by atoms with E-state index >= 15 is 0 Å². The highest BCUT2D eigenvalue weighted by atomic mass is 32.2. The van der Waals surface area contributed by atoms with Gasteiger partial charge < -0.3 is 13.9 Å². The molecule has 1 aliphatic heterocycles. The lowest BCUT2D eigenvalue weighted by Crippen LogP contribution is -2.37. The predicted octanol–water partition coefficient (Wildman–Crippen LogP) is 1.70. The minimum Gasteiger partial charge on any atom is -0.451 e. The summed E-state index contributed by atoms with van der Waals surface area (Å²) in [5.74, 6) is 0.0560. The van der Waals surface area contributed by atoms with Crippen molar-refractivity contribution >= 4 is 26.9 Å². The smallest absolute Gasteiger partial charge is 0.289 e. The van der Waals surface area contributed by atoms with Gasteiger partial charge in [-0.05, 0) is 18.6 Å². The summed E-state index contributed by atoms with van der Waals surface area (Å²) in [4.78, 5) is 18.4. The molecule has 0 radical (unpaired) electrons. The van der Waals surface area contributed by atoms with Crippen LogP contribution in [0.2, 0.25) is 0 Å². The van der Waals surface area contributed by atoms with E-state index in [-0.39, 0.29) is 23.2 Å². The fourth-order valence-corrected chi connectivity index (χ4v) is 4.67. The van der Waals surface area contributed by atoms with Crippen LogP contribution in [-0.2, 0) is 17.1 Å². The first kappa shape index (κ1) is 17.7. The maximum Gasteiger partial charge on any atom is 0.289 e. The molecule has 3 heterocycles. The number of aromatic nitrogens is 2. The van der Waals surface area contributed by atoms with E-state index in [9.17, 15) is 13.2 Å². The highest BCUT2D eigenvalue weighted by molar-refractivity contribution is 7.89. The molecule has 0 bridgehead atoms. The molecule has 0 saturated carbocycles. The number of benzene rings is 1. The number of para-hydroxylation sites is 1. The van der Waals surface area contributed by atoms with Crippen molar-refractivity contribution < 1.29 is 17.6 Å². The summed E-state index contributed by atoms with van der Waals surface area (Å²) in [6.45, 7) is 1.36. The number of nitrogens with zero attached hydrogens (tertiary/aromatic N) is 4. The zero-order valence-corrected chi connectivity index (χ0v) is 15.7. The largest absolute Gasteiger partial charge is 0.451 e. The van der Waals surface area contributed by atoms with Gasteiger partial charge in [-0.25, -0.2) is 13.4 Å². The van der Waals surface area contributed by atoms with Crippen LogP contribution in [0.5, 0.6) is 0 Å². The van der Waals surface area contributed by atoms with Gasteiger partial charge in [0.15, 0.2) is 10.8 Å². The fourth-order valence-electron chi connectivity index (χ4n) is 3.23. The van der Waals surface area contributed by atoms with Crippen molar-refractivity contribution in [2.75, 3.05) is 26.2 Å². The topological polar surface area (TPSA) is 88.7 Å². The highest BCUT2D eigenvalue weighted by Crippen LogP contribution is 2.21. The van der Waals surface area contributed by atoms with Crippen LogP contribution in [0.15, 0.2) is 52.3 Å². The SMILES string of the molecule is Cn1cnc(S(=O)(=O)N2CCCN(C(=O)c3cc4ccccc4o3)CC2)c1. The van der Waals surface area contributed by atoms with Crippen molar-refractivity contribution in [3.05, 3.63) is 48.6 Å². The van der Waals surface area contributed by atoms with Gasteiger partial charge in [0.2, 0.25) is 0 Å². The fraction of sp³-hybridized carbons (Fsp3) is 0.333. The number of carbonyl (C=O) groups excluding carboxylic acids is 1. The molecular weight excluding hydrogens is 368 g/mol. The molecule has 0 atom stereocenters. The number of imidazole rings is 1. The Morgan fingerprint density at radius 1 is 1.15 bits per heavy atom. The van der Waals surface area contributed by atoms with E-state index in [0.717, 1.165) is 5.39 Å². The Bertz CT molecular complexity index is 1050. The quantitative estimate of drug-likeness (QED) is 0.681. The second-order valence-electron chi connectivity index (χ2n) is 6.58. The number of fused-ring (bicyclic) bond motifs is 1. The third kappa shape index (κ3) is 3.35. The van der Waals surface area contributed by atoms with Crippen LogP contribution in [0, 0.1) is 0 Å². The Morgan fingerprint density at radius 3 is 2.70 bits per heavy atom. The van der Waals surface area contributed by atoms with E-state index in [2.05, 4.69) is 4.98 Å². The molecule has 9 heteroatoms. The molecule has 0 unspecified atom stereocenters. The molecule has 0 aliphatic carbocycles. The zero-order chi connectivity index (χ0) is 19.0. The summed E-state index contributed by atoms with van der Waals surface area (Å²) in [7, 11) is -1.93. The van der Waals surface area contributed by atoms with Crippen LogP contribution in [0.3, 0.4) is 0 Å². The first-order chi connectivity index (χ1) is 12.9. The van der Waals surface area contributed by atoms with Crippen molar-refractivity contribution in [2.45, 2.75) is 11.4 Å². The van der Waals surface area contributed by atoms with Crippen LogP contribution in [0.4, 0.5) is 0 Å². The van der Waals surface area contributed by atoms with Gasteiger partial charge in [0, 0.05) is 44.8 Å². The van der Waals surface area contributed by atoms with Gasteiger partial charge in [0.25, 0.3) is 15.9 Å². The molecule has 0 N–H and O–H groups in total. The third-order valence-electron chi connectivity index (χ3n) is 4.66. The van der Waals surface area contributed by atoms with Gasteiger partial charge in [-0.1, -0.05) is 18.2 Å². The number of furan rings is 1. The van der Waals surface area contributed by atoms with Crippen molar-refractivity contribution in [3.8, 4) is 0 Å². The van der Waals surface area contributed by atoms with E-state index in [1.54, 1.807) is 22.6 Å². The molecule has 3 aromatic rings. The Morgan fingerprint density at radius 2 is 1.96 bits per heavy atom. The first-order valence-corrected chi connectivity index (χ1v) is 10.1.